The zero-order valence-electron chi connectivity index (χ0n) is 12.7. The Hall–Kier alpha value is -0.0800. The Bertz CT molecular complexity index is 247. The monoisotopic (exact) mass is 241 g/mol. The van der Waals surface area contributed by atoms with Crippen LogP contribution in [0.1, 0.15) is 67.7 Å². The maximum Gasteiger partial charge on any atom is 0.0741 e. The minimum Gasteiger partial charge on any atom is -0.389 e. The fraction of sp³-hybridized carbons (Fsp3) is 1.00. The Balaban J connectivity index is 2.66. The standard InChI is InChI=1S/C15H31NO/c1-11(15(6,7)17)16-12-8-13(2,3)10-14(4,5)9-12/h11-12,16-17H,8-10H2,1-7H3. The molecule has 0 aromatic rings. The maximum absolute atomic E-state index is 10.0. The predicted octanol–water partition coefficient (Wildman–Crippen LogP) is 3.34. The van der Waals surface area contributed by atoms with E-state index < -0.39 is 5.60 Å². The number of aliphatic hydroxyl groups is 1. The molecule has 102 valence electrons. The average Bonchev–Trinajstić information content (AvgIpc) is 1.94. The van der Waals surface area contributed by atoms with Gasteiger partial charge in [-0.1, -0.05) is 27.7 Å². The summed E-state index contributed by atoms with van der Waals surface area (Å²) < 4.78 is 0. The van der Waals surface area contributed by atoms with Gasteiger partial charge >= 0.3 is 0 Å². The quantitative estimate of drug-likeness (QED) is 0.794. The number of nitrogens with one attached hydrogen (secondary N) is 1. The van der Waals surface area contributed by atoms with E-state index in [1.165, 1.54) is 19.3 Å². The van der Waals surface area contributed by atoms with Gasteiger partial charge in [-0.25, -0.2) is 0 Å². The highest BCUT2D eigenvalue weighted by molar-refractivity contribution is 4.94. The van der Waals surface area contributed by atoms with Crippen molar-refractivity contribution in [2.75, 3.05) is 0 Å². The Labute approximate surface area is 107 Å². The van der Waals surface area contributed by atoms with Crippen LogP contribution in [0, 0.1) is 10.8 Å². The molecule has 1 saturated carbocycles. The molecule has 0 aromatic carbocycles. The van der Waals surface area contributed by atoms with Gasteiger partial charge in [-0.15, -0.1) is 0 Å². The van der Waals surface area contributed by atoms with Crippen molar-refractivity contribution in [1.29, 1.82) is 0 Å². The molecule has 1 aliphatic carbocycles. The van der Waals surface area contributed by atoms with Crippen LogP contribution in [0.25, 0.3) is 0 Å². The highest BCUT2D eigenvalue weighted by Gasteiger charge is 2.39. The zero-order chi connectivity index (χ0) is 13.5. The van der Waals surface area contributed by atoms with Crippen LogP contribution in [0.5, 0.6) is 0 Å². The molecule has 0 heterocycles. The fourth-order valence-corrected chi connectivity index (χ4v) is 3.52. The van der Waals surface area contributed by atoms with Crippen LogP contribution in [0.4, 0.5) is 0 Å². The first-order chi connectivity index (χ1) is 7.41. The van der Waals surface area contributed by atoms with Crippen molar-refractivity contribution in [1.82, 2.24) is 5.32 Å². The minimum absolute atomic E-state index is 0.136. The first kappa shape index (κ1) is 15.0. The fourth-order valence-electron chi connectivity index (χ4n) is 3.52. The molecule has 0 saturated heterocycles. The van der Waals surface area contributed by atoms with E-state index in [1.807, 2.05) is 13.8 Å². The summed E-state index contributed by atoms with van der Waals surface area (Å²) in [7, 11) is 0. The first-order valence-corrected chi connectivity index (χ1v) is 6.90. The predicted molar refractivity (Wildman–Crippen MR) is 74.1 cm³/mol. The topological polar surface area (TPSA) is 32.3 Å². The summed E-state index contributed by atoms with van der Waals surface area (Å²) in [6, 6.07) is 0.660. The van der Waals surface area contributed by atoms with Gasteiger partial charge in [0.25, 0.3) is 0 Å². The Morgan fingerprint density at radius 2 is 1.53 bits per heavy atom. The number of rotatable bonds is 3. The van der Waals surface area contributed by atoms with Crippen molar-refractivity contribution in [2.24, 2.45) is 10.8 Å². The van der Waals surface area contributed by atoms with Crippen molar-refractivity contribution >= 4 is 0 Å². The summed E-state index contributed by atoms with van der Waals surface area (Å²) in [5.74, 6) is 0. The van der Waals surface area contributed by atoms with E-state index in [9.17, 15) is 5.11 Å². The van der Waals surface area contributed by atoms with Crippen LogP contribution >= 0.6 is 0 Å². The summed E-state index contributed by atoms with van der Waals surface area (Å²) in [6.07, 6.45) is 3.70. The van der Waals surface area contributed by atoms with Gasteiger partial charge in [0.15, 0.2) is 0 Å². The smallest absolute Gasteiger partial charge is 0.0741 e. The molecule has 0 aliphatic heterocycles. The van der Waals surface area contributed by atoms with Crippen LogP contribution in [0.2, 0.25) is 0 Å². The van der Waals surface area contributed by atoms with Crippen LogP contribution in [-0.4, -0.2) is 22.8 Å². The molecule has 1 atom stereocenters. The van der Waals surface area contributed by atoms with Crippen LogP contribution < -0.4 is 5.32 Å². The molecule has 1 unspecified atom stereocenters. The number of hydrogen-bond donors (Lipinski definition) is 2. The van der Waals surface area contributed by atoms with E-state index in [1.54, 1.807) is 0 Å². The first-order valence-electron chi connectivity index (χ1n) is 6.90. The molecular weight excluding hydrogens is 210 g/mol. The summed E-state index contributed by atoms with van der Waals surface area (Å²) in [5, 5.41) is 13.6. The molecule has 2 nitrogen and oxygen atoms in total. The number of hydrogen-bond acceptors (Lipinski definition) is 2. The van der Waals surface area contributed by atoms with E-state index in [-0.39, 0.29) is 6.04 Å². The Morgan fingerprint density at radius 1 is 1.12 bits per heavy atom. The Morgan fingerprint density at radius 3 is 1.88 bits per heavy atom. The molecule has 2 heteroatoms. The molecule has 0 spiro atoms. The van der Waals surface area contributed by atoms with Crippen LogP contribution in [0.15, 0.2) is 0 Å². The van der Waals surface area contributed by atoms with Gasteiger partial charge in [-0.3, -0.25) is 0 Å². The molecule has 0 bridgehead atoms. The summed E-state index contributed by atoms with van der Waals surface area (Å²) >= 11 is 0. The van der Waals surface area contributed by atoms with Gasteiger partial charge in [-0.05, 0) is 50.9 Å². The normalized spacial score (nSPS) is 26.8. The minimum atomic E-state index is -0.647. The van der Waals surface area contributed by atoms with E-state index in [0.29, 0.717) is 16.9 Å². The molecule has 2 N–H and O–H groups in total. The van der Waals surface area contributed by atoms with E-state index in [4.69, 9.17) is 0 Å². The van der Waals surface area contributed by atoms with Gasteiger partial charge in [0.2, 0.25) is 0 Å². The second kappa shape index (κ2) is 4.55. The lowest BCUT2D eigenvalue weighted by Gasteiger charge is -2.46. The zero-order valence-corrected chi connectivity index (χ0v) is 12.7. The molecule has 1 rings (SSSR count). The van der Waals surface area contributed by atoms with E-state index >= 15 is 0 Å². The van der Waals surface area contributed by atoms with E-state index in [2.05, 4.69) is 39.9 Å². The third kappa shape index (κ3) is 4.59. The highest BCUT2D eigenvalue weighted by Crippen LogP contribution is 2.45. The summed E-state index contributed by atoms with van der Waals surface area (Å²) in [6.45, 7) is 15.3. The largest absolute Gasteiger partial charge is 0.389 e. The molecule has 0 radical (unpaired) electrons. The van der Waals surface area contributed by atoms with Crippen molar-refractivity contribution in [3.8, 4) is 0 Å². The molecule has 0 aromatic heterocycles. The van der Waals surface area contributed by atoms with Gasteiger partial charge in [0, 0.05) is 12.1 Å². The summed E-state index contributed by atoms with van der Waals surface area (Å²) in [5.41, 5.74) is 0.156. The third-order valence-electron chi connectivity index (χ3n) is 4.10. The maximum atomic E-state index is 10.0. The van der Waals surface area contributed by atoms with Gasteiger partial charge < -0.3 is 10.4 Å². The van der Waals surface area contributed by atoms with Crippen molar-refractivity contribution in [3.63, 3.8) is 0 Å². The third-order valence-corrected chi connectivity index (χ3v) is 4.10. The van der Waals surface area contributed by atoms with Gasteiger partial charge in [0.05, 0.1) is 5.60 Å². The highest BCUT2D eigenvalue weighted by atomic mass is 16.3. The lowest BCUT2D eigenvalue weighted by atomic mass is 9.63. The van der Waals surface area contributed by atoms with Crippen molar-refractivity contribution in [3.05, 3.63) is 0 Å². The molecule has 1 fully saturated rings. The molecule has 17 heavy (non-hydrogen) atoms. The van der Waals surface area contributed by atoms with Gasteiger partial charge in [-0.2, -0.15) is 0 Å². The lowest BCUT2D eigenvalue weighted by Crippen LogP contribution is -2.53. The molecular formula is C15H31NO. The molecule has 1 aliphatic rings. The molecule has 0 amide bonds. The SMILES string of the molecule is CC(NC1CC(C)(C)CC(C)(C)C1)C(C)(C)O. The van der Waals surface area contributed by atoms with Gasteiger partial charge in [0.1, 0.15) is 0 Å². The second-order valence-electron chi connectivity index (χ2n) is 8.15. The lowest BCUT2D eigenvalue weighted by molar-refractivity contribution is 0.0201. The van der Waals surface area contributed by atoms with Crippen molar-refractivity contribution in [2.45, 2.75) is 85.4 Å². The summed E-state index contributed by atoms with van der Waals surface area (Å²) in [4.78, 5) is 0. The van der Waals surface area contributed by atoms with Crippen LogP contribution in [0.3, 0.4) is 0 Å². The van der Waals surface area contributed by atoms with Crippen molar-refractivity contribution < 1.29 is 5.11 Å². The second-order valence-corrected chi connectivity index (χ2v) is 8.15. The van der Waals surface area contributed by atoms with E-state index in [0.717, 1.165) is 0 Å². The Kier molecular flexibility index (Phi) is 4.01. The van der Waals surface area contributed by atoms with Crippen LogP contribution in [-0.2, 0) is 0 Å². The average molecular weight is 241 g/mol.